The first-order chi connectivity index (χ1) is 15.2. The van der Waals surface area contributed by atoms with Gasteiger partial charge in [0.15, 0.2) is 0 Å². The highest BCUT2D eigenvalue weighted by atomic mass is 17.3. The molecule has 2 aliphatic heterocycles. The molecule has 6 nitrogen and oxygen atoms in total. The van der Waals surface area contributed by atoms with Crippen molar-refractivity contribution in [1.29, 1.82) is 0 Å². The van der Waals surface area contributed by atoms with Gasteiger partial charge in [-0.05, 0) is 43.6 Å². The van der Waals surface area contributed by atoms with Gasteiger partial charge in [0.2, 0.25) is 0 Å². The number of hydrogen-bond donors (Lipinski definition) is 0. The fraction of sp³-hybridized carbons (Fsp3) is 0.720. The number of piperidine rings is 1. The molecule has 1 saturated carbocycles. The number of likely N-dealkylation sites (tertiary alicyclic amines) is 1. The van der Waals surface area contributed by atoms with E-state index < -0.39 is 0 Å². The summed E-state index contributed by atoms with van der Waals surface area (Å²) in [5.41, 5.74) is 0.704. The molecule has 4 rings (SSSR count). The van der Waals surface area contributed by atoms with Gasteiger partial charge in [0, 0.05) is 19.6 Å². The first-order valence-corrected chi connectivity index (χ1v) is 12.3. The quantitative estimate of drug-likeness (QED) is 0.537. The highest BCUT2D eigenvalue weighted by Crippen LogP contribution is 2.41. The number of carbonyl (C=O) groups excluding carboxylic acids is 1. The molecule has 1 aliphatic carbocycles. The van der Waals surface area contributed by atoms with Gasteiger partial charge < -0.3 is 9.64 Å². The molecule has 1 aromatic rings. The van der Waals surface area contributed by atoms with Crippen LogP contribution in [0.15, 0.2) is 30.3 Å². The van der Waals surface area contributed by atoms with Crippen molar-refractivity contribution in [1.82, 2.24) is 9.96 Å². The summed E-state index contributed by atoms with van der Waals surface area (Å²) in [6.07, 6.45) is 11.4. The molecule has 1 atom stereocenters. The summed E-state index contributed by atoms with van der Waals surface area (Å²) in [5, 5.41) is 2.15. The third-order valence-corrected chi connectivity index (χ3v) is 7.32. The standard InChI is InChI=1S/C25H38N2O4/c1-2-3-14-23-25(30-31-27(23)19-21-10-6-4-7-11-21)15-17-26(18-16-25)24(28)29-20-22-12-8-5-9-13-22/h5,8-9,12-13,21,23H,2-4,6-7,10-11,14-20H2,1H3. The van der Waals surface area contributed by atoms with Crippen molar-refractivity contribution in [2.75, 3.05) is 19.6 Å². The van der Waals surface area contributed by atoms with Crippen LogP contribution in [-0.2, 0) is 21.2 Å². The molecular weight excluding hydrogens is 392 g/mol. The zero-order chi connectivity index (χ0) is 21.5. The van der Waals surface area contributed by atoms with Gasteiger partial charge in [-0.15, -0.1) is 4.99 Å². The summed E-state index contributed by atoms with van der Waals surface area (Å²) < 4.78 is 5.54. The van der Waals surface area contributed by atoms with E-state index in [0.717, 1.165) is 31.4 Å². The number of hydroxylamine groups is 2. The Hall–Kier alpha value is -1.63. The van der Waals surface area contributed by atoms with E-state index >= 15 is 0 Å². The second kappa shape index (κ2) is 10.8. The molecule has 0 aromatic heterocycles. The number of unbranched alkanes of at least 4 members (excludes halogenated alkanes) is 1. The monoisotopic (exact) mass is 430 g/mol. The minimum Gasteiger partial charge on any atom is -0.445 e. The predicted octanol–water partition coefficient (Wildman–Crippen LogP) is 5.48. The molecule has 0 radical (unpaired) electrons. The number of rotatable bonds is 7. The third kappa shape index (κ3) is 5.60. The second-order valence-electron chi connectivity index (χ2n) is 9.51. The highest BCUT2D eigenvalue weighted by Gasteiger charge is 2.53. The van der Waals surface area contributed by atoms with E-state index in [-0.39, 0.29) is 17.7 Å². The summed E-state index contributed by atoms with van der Waals surface area (Å²) in [6, 6.07) is 10.1. The maximum absolute atomic E-state index is 12.6. The van der Waals surface area contributed by atoms with E-state index in [0.29, 0.717) is 25.6 Å². The van der Waals surface area contributed by atoms with Gasteiger partial charge >= 0.3 is 6.09 Å². The largest absolute Gasteiger partial charge is 0.445 e. The molecule has 3 fully saturated rings. The zero-order valence-corrected chi connectivity index (χ0v) is 19.0. The third-order valence-electron chi connectivity index (χ3n) is 7.32. The van der Waals surface area contributed by atoms with Crippen molar-refractivity contribution in [3.63, 3.8) is 0 Å². The van der Waals surface area contributed by atoms with E-state index in [9.17, 15) is 4.79 Å². The fourth-order valence-corrected chi connectivity index (χ4v) is 5.37. The van der Waals surface area contributed by atoms with Crippen LogP contribution in [0.3, 0.4) is 0 Å². The highest BCUT2D eigenvalue weighted by molar-refractivity contribution is 5.67. The van der Waals surface area contributed by atoms with E-state index in [4.69, 9.17) is 14.6 Å². The van der Waals surface area contributed by atoms with Gasteiger partial charge in [0.1, 0.15) is 12.2 Å². The van der Waals surface area contributed by atoms with Crippen molar-refractivity contribution >= 4 is 6.09 Å². The lowest BCUT2D eigenvalue weighted by Gasteiger charge is -2.40. The smallest absolute Gasteiger partial charge is 0.410 e. The summed E-state index contributed by atoms with van der Waals surface area (Å²) >= 11 is 0. The van der Waals surface area contributed by atoms with Crippen LogP contribution in [0, 0.1) is 5.92 Å². The van der Waals surface area contributed by atoms with E-state index in [2.05, 4.69) is 12.0 Å². The van der Waals surface area contributed by atoms with Crippen LogP contribution in [0.25, 0.3) is 0 Å². The minimum absolute atomic E-state index is 0.234. The molecule has 1 spiro atoms. The lowest BCUT2D eigenvalue weighted by Crippen LogP contribution is -2.54. The van der Waals surface area contributed by atoms with Crippen LogP contribution in [0.2, 0.25) is 0 Å². The molecule has 172 valence electrons. The van der Waals surface area contributed by atoms with E-state index in [1.165, 1.54) is 44.9 Å². The molecule has 1 unspecified atom stereocenters. The van der Waals surface area contributed by atoms with E-state index in [1.807, 2.05) is 35.2 Å². The predicted molar refractivity (Wildman–Crippen MR) is 119 cm³/mol. The first kappa shape index (κ1) is 22.6. The first-order valence-electron chi connectivity index (χ1n) is 12.3. The number of hydrogen-bond acceptors (Lipinski definition) is 5. The Labute approximate surface area is 186 Å². The summed E-state index contributed by atoms with van der Waals surface area (Å²) in [6.45, 7) is 4.82. The Morgan fingerprint density at radius 2 is 1.87 bits per heavy atom. The zero-order valence-electron chi connectivity index (χ0n) is 19.0. The Morgan fingerprint density at radius 1 is 1.13 bits per heavy atom. The van der Waals surface area contributed by atoms with Crippen LogP contribution in [-0.4, -0.2) is 47.3 Å². The topological polar surface area (TPSA) is 51.2 Å². The van der Waals surface area contributed by atoms with Crippen LogP contribution in [0.5, 0.6) is 0 Å². The molecule has 0 bridgehead atoms. The average Bonchev–Trinajstić information content (AvgIpc) is 3.14. The Bertz CT molecular complexity index is 684. The van der Waals surface area contributed by atoms with Gasteiger partial charge in [0.05, 0.1) is 6.04 Å². The lowest BCUT2D eigenvalue weighted by atomic mass is 9.81. The molecule has 2 saturated heterocycles. The maximum atomic E-state index is 12.6. The van der Waals surface area contributed by atoms with Crippen LogP contribution >= 0.6 is 0 Å². The Morgan fingerprint density at radius 3 is 2.58 bits per heavy atom. The molecule has 1 amide bonds. The summed E-state index contributed by atoms with van der Waals surface area (Å²) in [7, 11) is 0. The Kier molecular flexibility index (Phi) is 7.86. The molecule has 0 N–H and O–H groups in total. The normalized spacial score (nSPS) is 24.5. The average molecular weight is 431 g/mol. The molecule has 2 heterocycles. The van der Waals surface area contributed by atoms with Gasteiger partial charge in [0.25, 0.3) is 0 Å². The number of ether oxygens (including phenoxy) is 1. The van der Waals surface area contributed by atoms with Crippen molar-refractivity contribution in [2.45, 2.75) is 89.4 Å². The molecular formula is C25H38N2O4. The van der Waals surface area contributed by atoms with Crippen molar-refractivity contribution < 1.29 is 19.4 Å². The number of nitrogens with zero attached hydrogens (tertiary/aromatic N) is 2. The molecule has 31 heavy (non-hydrogen) atoms. The van der Waals surface area contributed by atoms with Gasteiger partial charge in [-0.1, -0.05) is 69.4 Å². The van der Waals surface area contributed by atoms with Crippen molar-refractivity contribution in [2.24, 2.45) is 5.92 Å². The SMILES string of the molecule is CCCCC1N(CC2CCCCC2)OOC12CCN(C(=O)OCc1ccccc1)CC2. The van der Waals surface area contributed by atoms with Crippen molar-refractivity contribution in [3.8, 4) is 0 Å². The van der Waals surface area contributed by atoms with Crippen LogP contribution < -0.4 is 0 Å². The Balaban J connectivity index is 1.32. The number of carbonyl (C=O) groups is 1. The van der Waals surface area contributed by atoms with Crippen molar-refractivity contribution in [3.05, 3.63) is 35.9 Å². The van der Waals surface area contributed by atoms with Crippen LogP contribution in [0.4, 0.5) is 4.79 Å². The van der Waals surface area contributed by atoms with E-state index in [1.54, 1.807) is 0 Å². The van der Waals surface area contributed by atoms with Gasteiger partial charge in [-0.25, -0.2) is 9.68 Å². The fourth-order valence-electron chi connectivity index (χ4n) is 5.37. The summed E-state index contributed by atoms with van der Waals surface area (Å²) in [5.74, 6) is 0.713. The molecule has 1 aromatic carbocycles. The summed E-state index contributed by atoms with van der Waals surface area (Å²) in [4.78, 5) is 26.3. The van der Waals surface area contributed by atoms with Crippen LogP contribution in [0.1, 0.15) is 76.7 Å². The minimum atomic E-state index is -0.306. The molecule has 3 aliphatic rings. The van der Waals surface area contributed by atoms with Gasteiger partial charge in [-0.2, -0.15) is 5.06 Å². The number of benzene rings is 1. The van der Waals surface area contributed by atoms with Gasteiger partial charge in [-0.3, -0.25) is 0 Å². The molecule has 6 heteroatoms. The number of amides is 1. The maximum Gasteiger partial charge on any atom is 0.410 e. The second-order valence-corrected chi connectivity index (χ2v) is 9.51. The lowest BCUT2D eigenvalue weighted by molar-refractivity contribution is -0.404.